The van der Waals surface area contributed by atoms with Crippen LogP contribution in [0.15, 0.2) is 53.4 Å². The van der Waals surface area contributed by atoms with Gasteiger partial charge in [-0.2, -0.15) is 4.72 Å². The maximum absolute atomic E-state index is 12.2. The molecule has 0 saturated carbocycles. The third kappa shape index (κ3) is 2.92. The van der Waals surface area contributed by atoms with Crippen LogP contribution in [0.25, 0.3) is 0 Å². The number of hydrogen-bond donors (Lipinski definition) is 3. The molecule has 0 saturated heterocycles. The highest BCUT2D eigenvalue weighted by molar-refractivity contribution is 7.89. The van der Waals surface area contributed by atoms with Gasteiger partial charge in [0.15, 0.2) is 6.17 Å². The summed E-state index contributed by atoms with van der Waals surface area (Å²) in [4.78, 5) is 12.3. The van der Waals surface area contributed by atoms with Gasteiger partial charge in [0.05, 0.1) is 5.69 Å². The van der Waals surface area contributed by atoms with Crippen molar-refractivity contribution >= 4 is 38.9 Å². The lowest BCUT2D eigenvalue weighted by Crippen LogP contribution is -2.51. The van der Waals surface area contributed by atoms with Crippen molar-refractivity contribution in [2.75, 3.05) is 10.6 Å². The molecule has 0 radical (unpaired) electrons. The molecule has 3 N–H and O–H groups in total. The SMILES string of the molecule is O=C(Nc1ccc(Cl)cc1)[C@@H]1Nc2ccccc2S(=O)(=O)N1. The molecule has 0 aromatic heterocycles. The summed E-state index contributed by atoms with van der Waals surface area (Å²) in [5.41, 5.74) is 0.909. The first-order valence-electron chi connectivity index (χ1n) is 6.40. The molecule has 0 unspecified atom stereocenters. The van der Waals surface area contributed by atoms with Gasteiger partial charge < -0.3 is 10.6 Å². The Morgan fingerprint density at radius 2 is 1.77 bits per heavy atom. The Labute approximate surface area is 132 Å². The van der Waals surface area contributed by atoms with E-state index >= 15 is 0 Å². The molecule has 0 bridgehead atoms. The summed E-state index contributed by atoms with van der Waals surface area (Å²) in [6.45, 7) is 0. The minimum Gasteiger partial charge on any atom is -0.360 e. The molecule has 1 amide bonds. The van der Waals surface area contributed by atoms with Gasteiger partial charge in [-0.05, 0) is 36.4 Å². The zero-order chi connectivity index (χ0) is 15.7. The first-order chi connectivity index (χ1) is 10.5. The van der Waals surface area contributed by atoms with Crippen LogP contribution in [0.1, 0.15) is 0 Å². The third-order valence-corrected chi connectivity index (χ3v) is 4.86. The molecule has 6 nitrogen and oxygen atoms in total. The first kappa shape index (κ1) is 14.8. The molecule has 1 aliphatic rings. The second-order valence-corrected chi connectivity index (χ2v) is 6.81. The van der Waals surface area contributed by atoms with Gasteiger partial charge in [-0.1, -0.05) is 23.7 Å². The third-order valence-electron chi connectivity index (χ3n) is 3.12. The van der Waals surface area contributed by atoms with Crippen molar-refractivity contribution in [3.05, 3.63) is 53.6 Å². The zero-order valence-corrected chi connectivity index (χ0v) is 12.8. The van der Waals surface area contributed by atoms with Gasteiger partial charge in [-0.3, -0.25) is 4.79 Å². The van der Waals surface area contributed by atoms with Crippen LogP contribution in [0, 0.1) is 0 Å². The van der Waals surface area contributed by atoms with Crippen molar-refractivity contribution in [1.29, 1.82) is 0 Å². The second-order valence-electron chi connectivity index (χ2n) is 4.69. The van der Waals surface area contributed by atoms with E-state index < -0.39 is 22.1 Å². The number of benzene rings is 2. The van der Waals surface area contributed by atoms with Crippen LogP contribution in [0.3, 0.4) is 0 Å². The summed E-state index contributed by atoms with van der Waals surface area (Å²) in [7, 11) is -3.73. The van der Waals surface area contributed by atoms with E-state index in [0.717, 1.165) is 0 Å². The number of halogens is 1. The van der Waals surface area contributed by atoms with Crippen molar-refractivity contribution in [2.45, 2.75) is 11.1 Å². The lowest BCUT2D eigenvalue weighted by molar-refractivity contribution is -0.117. The Morgan fingerprint density at radius 1 is 1.09 bits per heavy atom. The van der Waals surface area contributed by atoms with E-state index in [1.54, 1.807) is 42.5 Å². The van der Waals surface area contributed by atoms with E-state index in [-0.39, 0.29) is 4.90 Å². The summed E-state index contributed by atoms with van der Waals surface area (Å²) in [5, 5.41) is 6.02. The fourth-order valence-corrected chi connectivity index (χ4v) is 3.49. The van der Waals surface area contributed by atoms with E-state index in [1.807, 2.05) is 0 Å². The zero-order valence-electron chi connectivity index (χ0n) is 11.2. The number of anilines is 2. The van der Waals surface area contributed by atoms with Crippen LogP contribution in [0.4, 0.5) is 11.4 Å². The van der Waals surface area contributed by atoms with E-state index in [0.29, 0.717) is 16.4 Å². The smallest absolute Gasteiger partial charge is 0.262 e. The highest BCUT2D eigenvalue weighted by Crippen LogP contribution is 2.25. The van der Waals surface area contributed by atoms with Crippen molar-refractivity contribution in [2.24, 2.45) is 0 Å². The molecule has 114 valence electrons. The van der Waals surface area contributed by atoms with Crippen molar-refractivity contribution in [3.63, 3.8) is 0 Å². The number of rotatable bonds is 2. The van der Waals surface area contributed by atoms with Crippen LogP contribution in [0.5, 0.6) is 0 Å². The van der Waals surface area contributed by atoms with E-state index in [9.17, 15) is 13.2 Å². The van der Waals surface area contributed by atoms with E-state index in [2.05, 4.69) is 15.4 Å². The van der Waals surface area contributed by atoms with Gasteiger partial charge in [0, 0.05) is 10.7 Å². The summed E-state index contributed by atoms with van der Waals surface area (Å²) in [5.74, 6) is -0.514. The second kappa shape index (κ2) is 5.60. The minimum atomic E-state index is -3.73. The molecule has 2 aromatic rings. The number of hydrogen-bond acceptors (Lipinski definition) is 4. The topological polar surface area (TPSA) is 87.3 Å². The molecule has 0 aliphatic carbocycles. The van der Waals surface area contributed by atoms with Gasteiger partial charge in [0.1, 0.15) is 4.90 Å². The maximum Gasteiger partial charge on any atom is 0.262 e. The normalized spacial score (nSPS) is 18.9. The summed E-state index contributed by atoms with van der Waals surface area (Å²) in [6.07, 6.45) is -1.09. The van der Waals surface area contributed by atoms with Gasteiger partial charge in [-0.25, -0.2) is 8.42 Å². The Kier molecular flexibility index (Phi) is 3.78. The summed E-state index contributed by atoms with van der Waals surface area (Å²) < 4.78 is 26.6. The average molecular weight is 338 g/mol. The van der Waals surface area contributed by atoms with Gasteiger partial charge in [-0.15, -0.1) is 0 Å². The van der Waals surface area contributed by atoms with Gasteiger partial charge in [0.25, 0.3) is 5.91 Å². The van der Waals surface area contributed by atoms with Crippen LogP contribution < -0.4 is 15.4 Å². The fourth-order valence-electron chi connectivity index (χ4n) is 2.09. The molecule has 1 aliphatic heterocycles. The molecule has 22 heavy (non-hydrogen) atoms. The number of sulfonamides is 1. The Balaban J connectivity index is 1.82. The number of carbonyl (C=O) groups excluding carboxylic acids is 1. The highest BCUT2D eigenvalue weighted by atomic mass is 35.5. The molecule has 1 heterocycles. The van der Waals surface area contributed by atoms with E-state index in [1.165, 1.54) is 6.07 Å². The molecule has 1 atom stereocenters. The predicted molar refractivity (Wildman–Crippen MR) is 84.3 cm³/mol. The van der Waals surface area contributed by atoms with Crippen molar-refractivity contribution in [3.8, 4) is 0 Å². The lowest BCUT2D eigenvalue weighted by Gasteiger charge is -2.27. The Bertz CT molecular complexity index is 821. The maximum atomic E-state index is 12.2. The number of fused-ring (bicyclic) bond motifs is 1. The Morgan fingerprint density at radius 3 is 2.50 bits per heavy atom. The molecular formula is C14H12ClN3O3S. The molecule has 0 fully saturated rings. The highest BCUT2D eigenvalue weighted by Gasteiger charge is 2.32. The van der Waals surface area contributed by atoms with Gasteiger partial charge in [0.2, 0.25) is 10.0 Å². The Hall–Kier alpha value is -2.09. The van der Waals surface area contributed by atoms with Gasteiger partial charge >= 0.3 is 0 Å². The minimum absolute atomic E-state index is 0.116. The molecule has 3 rings (SSSR count). The average Bonchev–Trinajstić information content (AvgIpc) is 2.49. The fraction of sp³-hybridized carbons (Fsp3) is 0.0714. The van der Waals surface area contributed by atoms with Crippen LogP contribution >= 0.6 is 11.6 Å². The van der Waals surface area contributed by atoms with Crippen molar-refractivity contribution in [1.82, 2.24) is 4.72 Å². The predicted octanol–water partition coefficient (Wildman–Crippen LogP) is 2.01. The first-order valence-corrected chi connectivity index (χ1v) is 8.26. The molecule has 8 heteroatoms. The van der Waals surface area contributed by atoms with Crippen LogP contribution in [-0.4, -0.2) is 20.5 Å². The standard InChI is InChI=1S/C14H12ClN3O3S/c15-9-5-7-10(8-6-9)16-14(19)13-17-11-3-1-2-4-12(11)22(20,21)18-13/h1-8,13,17-18H,(H,16,19)/t13-/m1/s1. The lowest BCUT2D eigenvalue weighted by atomic mass is 10.3. The molecular weight excluding hydrogens is 326 g/mol. The quantitative estimate of drug-likeness (QED) is 0.782. The van der Waals surface area contributed by atoms with Crippen LogP contribution in [-0.2, 0) is 14.8 Å². The summed E-state index contributed by atoms with van der Waals surface area (Å²) >= 11 is 5.77. The molecule has 0 spiro atoms. The number of nitrogens with one attached hydrogen (secondary N) is 3. The number of para-hydroxylation sites is 1. The van der Waals surface area contributed by atoms with E-state index in [4.69, 9.17) is 11.6 Å². The summed E-state index contributed by atoms with van der Waals surface area (Å²) in [6, 6.07) is 12.9. The molecule has 2 aromatic carbocycles. The van der Waals surface area contributed by atoms with Crippen molar-refractivity contribution < 1.29 is 13.2 Å². The number of carbonyl (C=O) groups is 1. The van der Waals surface area contributed by atoms with Crippen LogP contribution in [0.2, 0.25) is 5.02 Å². The monoisotopic (exact) mass is 337 g/mol. The number of amides is 1. The largest absolute Gasteiger partial charge is 0.360 e.